The van der Waals surface area contributed by atoms with Crippen molar-refractivity contribution in [2.24, 2.45) is 0 Å². The topological polar surface area (TPSA) is 60.7 Å². The van der Waals surface area contributed by atoms with Crippen molar-refractivity contribution < 1.29 is 18.7 Å². The van der Waals surface area contributed by atoms with Gasteiger partial charge in [0, 0.05) is 6.08 Å². The van der Waals surface area contributed by atoms with Gasteiger partial charge in [0.25, 0.3) is 0 Å². The molecular formula is C15H12ClNO4. The molecule has 0 bridgehead atoms. The molecule has 2 heterocycles. The third-order valence-corrected chi connectivity index (χ3v) is 3.17. The molecule has 0 spiro atoms. The first-order chi connectivity index (χ1) is 10.2. The Hall–Kier alpha value is -2.40. The Labute approximate surface area is 126 Å². The van der Waals surface area contributed by atoms with Crippen molar-refractivity contribution in [1.29, 1.82) is 0 Å². The lowest BCUT2D eigenvalue weighted by Crippen LogP contribution is -2.19. The summed E-state index contributed by atoms with van der Waals surface area (Å²) in [7, 11) is 0. The van der Waals surface area contributed by atoms with E-state index in [2.05, 4.69) is 5.32 Å². The molecule has 0 unspecified atom stereocenters. The molecule has 108 valence electrons. The molecule has 3 rings (SSSR count). The maximum absolute atomic E-state index is 11.7. The van der Waals surface area contributed by atoms with Crippen LogP contribution in [0.2, 0.25) is 5.02 Å². The minimum atomic E-state index is -0.222. The van der Waals surface area contributed by atoms with Gasteiger partial charge < -0.3 is 19.2 Å². The van der Waals surface area contributed by atoms with Gasteiger partial charge in [0.05, 0.1) is 17.8 Å². The summed E-state index contributed by atoms with van der Waals surface area (Å²) in [6.45, 7) is 0.504. The molecule has 1 amide bonds. The van der Waals surface area contributed by atoms with E-state index in [1.54, 1.807) is 36.6 Å². The monoisotopic (exact) mass is 305 g/mol. The lowest BCUT2D eigenvalue weighted by molar-refractivity contribution is -0.116. The summed E-state index contributed by atoms with van der Waals surface area (Å²) in [5.41, 5.74) is 0.761. The quantitative estimate of drug-likeness (QED) is 0.882. The van der Waals surface area contributed by atoms with Gasteiger partial charge in [-0.15, -0.1) is 0 Å². The number of benzene rings is 1. The number of halogens is 1. The SMILES string of the molecule is O=C(/C=C/c1cc(Cl)c2c(c1)OCO2)NCc1ccco1. The Kier molecular flexibility index (Phi) is 3.83. The van der Waals surface area contributed by atoms with E-state index in [1.807, 2.05) is 0 Å². The molecular weight excluding hydrogens is 294 g/mol. The second kappa shape index (κ2) is 5.93. The van der Waals surface area contributed by atoms with E-state index in [1.165, 1.54) is 6.08 Å². The van der Waals surface area contributed by atoms with E-state index in [0.29, 0.717) is 28.8 Å². The van der Waals surface area contributed by atoms with Gasteiger partial charge in [0.2, 0.25) is 12.7 Å². The number of carbonyl (C=O) groups is 1. The second-order valence-electron chi connectivity index (χ2n) is 4.37. The largest absolute Gasteiger partial charge is 0.467 e. The predicted octanol–water partition coefficient (Wildman–Crippen LogP) is 2.99. The number of fused-ring (bicyclic) bond motifs is 1. The molecule has 0 fully saturated rings. The maximum atomic E-state index is 11.7. The van der Waals surface area contributed by atoms with Crippen LogP contribution in [0.5, 0.6) is 11.5 Å². The number of amides is 1. The Balaban J connectivity index is 1.63. The molecule has 1 aromatic heterocycles. The van der Waals surface area contributed by atoms with Crippen molar-refractivity contribution in [3.8, 4) is 11.5 Å². The zero-order valence-electron chi connectivity index (χ0n) is 11.0. The summed E-state index contributed by atoms with van der Waals surface area (Å²) in [5.74, 6) is 1.59. The molecule has 0 saturated heterocycles. The van der Waals surface area contributed by atoms with Crippen LogP contribution in [0.25, 0.3) is 6.08 Å². The molecule has 2 aromatic rings. The highest BCUT2D eigenvalue weighted by atomic mass is 35.5. The van der Waals surface area contributed by atoms with Crippen molar-refractivity contribution in [2.45, 2.75) is 6.54 Å². The van der Waals surface area contributed by atoms with Gasteiger partial charge in [0.1, 0.15) is 5.76 Å². The summed E-state index contributed by atoms with van der Waals surface area (Å²) >= 11 is 6.07. The number of nitrogens with one attached hydrogen (secondary N) is 1. The van der Waals surface area contributed by atoms with Crippen LogP contribution < -0.4 is 14.8 Å². The lowest BCUT2D eigenvalue weighted by Gasteiger charge is -2.01. The van der Waals surface area contributed by atoms with Crippen LogP contribution in [-0.2, 0) is 11.3 Å². The molecule has 1 aliphatic heterocycles. The third kappa shape index (κ3) is 3.20. The zero-order valence-corrected chi connectivity index (χ0v) is 11.7. The summed E-state index contributed by atoms with van der Waals surface area (Å²) in [6.07, 6.45) is 4.65. The van der Waals surface area contributed by atoms with E-state index in [0.717, 1.165) is 5.56 Å². The van der Waals surface area contributed by atoms with Gasteiger partial charge in [-0.05, 0) is 35.9 Å². The fourth-order valence-corrected chi connectivity index (χ4v) is 2.18. The van der Waals surface area contributed by atoms with Crippen LogP contribution in [0, 0.1) is 0 Å². The average molecular weight is 306 g/mol. The molecule has 1 aliphatic rings. The first-order valence-corrected chi connectivity index (χ1v) is 6.67. The molecule has 0 atom stereocenters. The van der Waals surface area contributed by atoms with Gasteiger partial charge in [-0.25, -0.2) is 0 Å². The number of rotatable bonds is 4. The van der Waals surface area contributed by atoms with Crippen molar-refractivity contribution in [1.82, 2.24) is 5.32 Å². The zero-order chi connectivity index (χ0) is 14.7. The molecule has 5 nitrogen and oxygen atoms in total. The van der Waals surface area contributed by atoms with Crippen LogP contribution in [0.4, 0.5) is 0 Å². The number of hydrogen-bond donors (Lipinski definition) is 1. The first kappa shape index (κ1) is 13.6. The van der Waals surface area contributed by atoms with Crippen LogP contribution >= 0.6 is 11.6 Å². The predicted molar refractivity (Wildman–Crippen MR) is 77.2 cm³/mol. The fraction of sp³-hybridized carbons (Fsp3) is 0.133. The summed E-state index contributed by atoms with van der Waals surface area (Å²) < 4.78 is 15.6. The lowest BCUT2D eigenvalue weighted by atomic mass is 10.2. The maximum Gasteiger partial charge on any atom is 0.244 e. The van der Waals surface area contributed by atoms with Crippen LogP contribution in [0.3, 0.4) is 0 Å². The van der Waals surface area contributed by atoms with Gasteiger partial charge in [0.15, 0.2) is 11.5 Å². The second-order valence-corrected chi connectivity index (χ2v) is 4.77. The highest BCUT2D eigenvalue weighted by Gasteiger charge is 2.17. The van der Waals surface area contributed by atoms with Gasteiger partial charge in [-0.1, -0.05) is 11.6 Å². The van der Waals surface area contributed by atoms with Crippen LogP contribution in [0.15, 0.2) is 41.0 Å². The Morgan fingerprint density at radius 1 is 1.38 bits per heavy atom. The number of hydrogen-bond acceptors (Lipinski definition) is 4. The van der Waals surface area contributed by atoms with Crippen LogP contribution in [-0.4, -0.2) is 12.7 Å². The fourth-order valence-electron chi connectivity index (χ4n) is 1.90. The molecule has 21 heavy (non-hydrogen) atoms. The van der Waals surface area contributed by atoms with Crippen molar-refractivity contribution in [2.75, 3.05) is 6.79 Å². The van der Waals surface area contributed by atoms with Gasteiger partial charge >= 0.3 is 0 Å². The van der Waals surface area contributed by atoms with Crippen molar-refractivity contribution in [3.63, 3.8) is 0 Å². The highest BCUT2D eigenvalue weighted by Crippen LogP contribution is 2.39. The highest BCUT2D eigenvalue weighted by molar-refractivity contribution is 6.32. The molecule has 0 aliphatic carbocycles. The molecule has 1 aromatic carbocycles. The third-order valence-electron chi connectivity index (χ3n) is 2.89. The van der Waals surface area contributed by atoms with Crippen LogP contribution in [0.1, 0.15) is 11.3 Å². The number of ether oxygens (including phenoxy) is 2. The standard InChI is InChI=1S/C15H12ClNO4/c16-12-6-10(7-13-15(12)21-9-20-13)3-4-14(18)17-8-11-2-1-5-19-11/h1-7H,8-9H2,(H,17,18)/b4-3+. The molecule has 0 saturated carbocycles. The smallest absolute Gasteiger partial charge is 0.244 e. The minimum Gasteiger partial charge on any atom is -0.467 e. The summed E-state index contributed by atoms with van der Waals surface area (Å²) in [5, 5.41) is 3.17. The van der Waals surface area contributed by atoms with E-state index in [9.17, 15) is 4.79 Å². The van der Waals surface area contributed by atoms with E-state index < -0.39 is 0 Å². The molecule has 6 heteroatoms. The van der Waals surface area contributed by atoms with E-state index in [-0.39, 0.29) is 12.7 Å². The average Bonchev–Trinajstić information content (AvgIpc) is 3.14. The summed E-state index contributed by atoms with van der Waals surface area (Å²) in [4.78, 5) is 11.7. The Bertz CT molecular complexity index is 679. The van der Waals surface area contributed by atoms with E-state index in [4.69, 9.17) is 25.5 Å². The molecule has 1 N–H and O–H groups in total. The van der Waals surface area contributed by atoms with Crippen molar-refractivity contribution >= 4 is 23.6 Å². The van der Waals surface area contributed by atoms with Crippen molar-refractivity contribution in [3.05, 3.63) is 53.0 Å². The number of carbonyl (C=O) groups excluding carboxylic acids is 1. The molecule has 0 radical (unpaired) electrons. The van der Waals surface area contributed by atoms with Gasteiger partial charge in [-0.2, -0.15) is 0 Å². The van der Waals surface area contributed by atoms with Gasteiger partial charge in [-0.3, -0.25) is 4.79 Å². The first-order valence-electron chi connectivity index (χ1n) is 6.30. The number of furan rings is 1. The normalized spacial score (nSPS) is 12.8. The summed E-state index contributed by atoms with van der Waals surface area (Å²) in [6, 6.07) is 7.05. The minimum absolute atomic E-state index is 0.159. The Morgan fingerprint density at radius 3 is 3.10 bits per heavy atom. The Morgan fingerprint density at radius 2 is 2.29 bits per heavy atom. The van der Waals surface area contributed by atoms with E-state index >= 15 is 0 Å².